The number of carbonyl (C=O) groups excluding carboxylic acids is 1. The summed E-state index contributed by atoms with van der Waals surface area (Å²) in [5, 5.41) is 6.20. The Balaban J connectivity index is 2.45. The van der Waals surface area contributed by atoms with E-state index in [4.69, 9.17) is 4.74 Å². The summed E-state index contributed by atoms with van der Waals surface area (Å²) in [4.78, 5) is 15.2. The molecular formula is C12H19N3O2. The second kappa shape index (κ2) is 7.49. The average molecular weight is 237 g/mol. The molecule has 17 heavy (non-hydrogen) atoms. The molecule has 0 fully saturated rings. The van der Waals surface area contributed by atoms with Crippen molar-refractivity contribution in [3.05, 3.63) is 18.5 Å². The molecule has 0 aromatic carbocycles. The topological polar surface area (TPSA) is 63.2 Å². The van der Waals surface area contributed by atoms with Gasteiger partial charge in [-0.25, -0.2) is 0 Å². The number of pyridine rings is 1. The molecule has 0 aliphatic rings. The van der Waals surface area contributed by atoms with Gasteiger partial charge in [0, 0.05) is 6.54 Å². The van der Waals surface area contributed by atoms with Crippen LogP contribution < -0.4 is 10.6 Å². The lowest BCUT2D eigenvalue weighted by atomic mass is 10.3. The smallest absolute Gasteiger partial charge is 0.325 e. The second-order valence-electron chi connectivity index (χ2n) is 3.55. The van der Waals surface area contributed by atoms with Crippen LogP contribution in [0.25, 0.3) is 0 Å². The van der Waals surface area contributed by atoms with Gasteiger partial charge >= 0.3 is 5.97 Å². The number of esters is 1. The SMILES string of the molecule is CCCNc1cncc(NCC(=O)OCC)c1. The van der Waals surface area contributed by atoms with E-state index < -0.39 is 0 Å². The molecule has 1 heterocycles. The number of nitrogens with zero attached hydrogens (tertiary/aromatic N) is 1. The average Bonchev–Trinajstić information content (AvgIpc) is 2.35. The van der Waals surface area contributed by atoms with Gasteiger partial charge in [0.15, 0.2) is 0 Å². The number of anilines is 2. The van der Waals surface area contributed by atoms with Crippen LogP contribution in [-0.2, 0) is 9.53 Å². The van der Waals surface area contributed by atoms with Gasteiger partial charge in [-0.3, -0.25) is 9.78 Å². The van der Waals surface area contributed by atoms with Crippen LogP contribution in [0.15, 0.2) is 18.5 Å². The van der Waals surface area contributed by atoms with Crippen LogP contribution >= 0.6 is 0 Å². The second-order valence-corrected chi connectivity index (χ2v) is 3.55. The number of rotatable bonds is 7. The monoisotopic (exact) mass is 237 g/mol. The summed E-state index contributed by atoms with van der Waals surface area (Å²) >= 11 is 0. The highest BCUT2D eigenvalue weighted by Crippen LogP contribution is 2.12. The lowest BCUT2D eigenvalue weighted by Gasteiger charge is -2.08. The summed E-state index contributed by atoms with van der Waals surface area (Å²) in [6, 6.07) is 1.92. The van der Waals surface area contributed by atoms with E-state index in [9.17, 15) is 4.79 Å². The highest BCUT2D eigenvalue weighted by Gasteiger charge is 2.01. The molecule has 0 aliphatic carbocycles. The molecule has 0 radical (unpaired) electrons. The van der Waals surface area contributed by atoms with Crippen molar-refractivity contribution in [3.63, 3.8) is 0 Å². The zero-order chi connectivity index (χ0) is 12.5. The van der Waals surface area contributed by atoms with E-state index in [1.54, 1.807) is 19.3 Å². The van der Waals surface area contributed by atoms with Crippen molar-refractivity contribution in [2.24, 2.45) is 0 Å². The van der Waals surface area contributed by atoms with Crippen LogP contribution in [0.4, 0.5) is 11.4 Å². The van der Waals surface area contributed by atoms with Gasteiger partial charge in [-0.15, -0.1) is 0 Å². The molecule has 0 amide bonds. The van der Waals surface area contributed by atoms with Crippen LogP contribution in [-0.4, -0.2) is 30.6 Å². The molecule has 5 heteroatoms. The first-order valence-corrected chi connectivity index (χ1v) is 5.84. The van der Waals surface area contributed by atoms with Gasteiger partial charge in [-0.05, 0) is 19.4 Å². The van der Waals surface area contributed by atoms with Crippen molar-refractivity contribution in [3.8, 4) is 0 Å². The van der Waals surface area contributed by atoms with Crippen molar-refractivity contribution in [2.75, 3.05) is 30.3 Å². The Hall–Kier alpha value is -1.78. The Bertz CT molecular complexity index is 355. The molecule has 1 rings (SSSR count). The predicted molar refractivity (Wildman–Crippen MR) is 68.1 cm³/mol. The first-order chi connectivity index (χ1) is 8.26. The van der Waals surface area contributed by atoms with Crippen molar-refractivity contribution in [1.82, 2.24) is 4.98 Å². The molecule has 94 valence electrons. The van der Waals surface area contributed by atoms with Gasteiger partial charge in [0.1, 0.15) is 6.54 Å². The van der Waals surface area contributed by atoms with Crippen molar-refractivity contribution >= 4 is 17.3 Å². The van der Waals surface area contributed by atoms with Gasteiger partial charge in [-0.1, -0.05) is 6.92 Å². The zero-order valence-corrected chi connectivity index (χ0v) is 10.3. The van der Waals surface area contributed by atoms with Crippen LogP contribution in [0, 0.1) is 0 Å². The van der Waals surface area contributed by atoms with Crippen molar-refractivity contribution in [2.45, 2.75) is 20.3 Å². The van der Waals surface area contributed by atoms with Gasteiger partial charge < -0.3 is 15.4 Å². The van der Waals surface area contributed by atoms with E-state index >= 15 is 0 Å². The molecule has 0 aliphatic heterocycles. The quantitative estimate of drug-likeness (QED) is 0.709. The Morgan fingerprint density at radius 3 is 2.65 bits per heavy atom. The van der Waals surface area contributed by atoms with Gasteiger partial charge in [0.2, 0.25) is 0 Å². The maximum atomic E-state index is 11.2. The number of carbonyl (C=O) groups is 1. The van der Waals surface area contributed by atoms with E-state index in [-0.39, 0.29) is 12.5 Å². The summed E-state index contributed by atoms with van der Waals surface area (Å²) in [5.74, 6) is -0.264. The molecule has 0 atom stereocenters. The fourth-order valence-corrected chi connectivity index (χ4v) is 1.29. The highest BCUT2D eigenvalue weighted by molar-refractivity contribution is 5.75. The van der Waals surface area contributed by atoms with Crippen molar-refractivity contribution in [1.29, 1.82) is 0 Å². The molecule has 0 saturated carbocycles. The molecule has 0 bridgehead atoms. The third-order valence-corrected chi connectivity index (χ3v) is 2.06. The van der Waals surface area contributed by atoms with Gasteiger partial charge in [0.25, 0.3) is 0 Å². The molecule has 2 N–H and O–H groups in total. The van der Waals surface area contributed by atoms with Gasteiger partial charge in [-0.2, -0.15) is 0 Å². The van der Waals surface area contributed by atoms with E-state index in [0.717, 1.165) is 24.3 Å². The normalized spacial score (nSPS) is 9.76. The van der Waals surface area contributed by atoms with E-state index in [0.29, 0.717) is 6.61 Å². The predicted octanol–water partition coefficient (Wildman–Crippen LogP) is 1.88. The maximum Gasteiger partial charge on any atom is 0.325 e. The Labute approximate surface area is 102 Å². The molecule has 1 aromatic rings. The van der Waals surface area contributed by atoms with Crippen LogP contribution in [0.3, 0.4) is 0 Å². The third-order valence-electron chi connectivity index (χ3n) is 2.06. The fourth-order valence-electron chi connectivity index (χ4n) is 1.29. The summed E-state index contributed by atoms with van der Waals surface area (Å²) in [7, 11) is 0. The van der Waals surface area contributed by atoms with Crippen LogP contribution in [0.2, 0.25) is 0 Å². The third kappa shape index (κ3) is 5.19. The Morgan fingerprint density at radius 1 is 1.29 bits per heavy atom. The van der Waals surface area contributed by atoms with E-state index in [2.05, 4.69) is 22.5 Å². The maximum absolute atomic E-state index is 11.2. The molecule has 0 unspecified atom stereocenters. The minimum absolute atomic E-state index is 0.159. The molecular weight excluding hydrogens is 218 g/mol. The number of hydrogen-bond donors (Lipinski definition) is 2. The Kier molecular flexibility index (Phi) is 5.85. The van der Waals surface area contributed by atoms with E-state index in [1.165, 1.54) is 0 Å². The standard InChI is InChI=1S/C12H19N3O2/c1-3-5-14-10-6-11(8-13-7-10)15-9-12(16)17-4-2/h6-8,14-15H,3-5,9H2,1-2H3. The number of aromatic nitrogens is 1. The molecule has 1 aromatic heterocycles. The first kappa shape index (κ1) is 13.3. The summed E-state index contributed by atoms with van der Waals surface area (Å²) < 4.78 is 4.82. The molecule has 0 spiro atoms. The largest absolute Gasteiger partial charge is 0.465 e. The summed E-state index contributed by atoms with van der Waals surface area (Å²) in [6.07, 6.45) is 4.49. The number of ether oxygens (including phenoxy) is 1. The van der Waals surface area contributed by atoms with E-state index in [1.807, 2.05) is 6.07 Å². The minimum Gasteiger partial charge on any atom is -0.465 e. The summed E-state index contributed by atoms with van der Waals surface area (Å²) in [5.41, 5.74) is 1.75. The minimum atomic E-state index is -0.264. The molecule has 5 nitrogen and oxygen atoms in total. The molecule has 0 saturated heterocycles. The van der Waals surface area contributed by atoms with Crippen LogP contribution in [0.5, 0.6) is 0 Å². The fraction of sp³-hybridized carbons (Fsp3) is 0.500. The Morgan fingerprint density at radius 2 is 2.00 bits per heavy atom. The number of nitrogens with one attached hydrogen (secondary N) is 2. The zero-order valence-electron chi connectivity index (χ0n) is 10.3. The van der Waals surface area contributed by atoms with Crippen molar-refractivity contribution < 1.29 is 9.53 Å². The number of hydrogen-bond acceptors (Lipinski definition) is 5. The van der Waals surface area contributed by atoms with Gasteiger partial charge in [0.05, 0.1) is 30.4 Å². The van der Waals surface area contributed by atoms with Crippen LogP contribution in [0.1, 0.15) is 20.3 Å². The lowest BCUT2D eigenvalue weighted by molar-refractivity contribution is -0.140. The first-order valence-electron chi connectivity index (χ1n) is 5.84. The highest BCUT2D eigenvalue weighted by atomic mass is 16.5. The summed E-state index contributed by atoms with van der Waals surface area (Å²) in [6.45, 7) is 5.35. The lowest BCUT2D eigenvalue weighted by Crippen LogP contribution is -2.16.